The van der Waals surface area contributed by atoms with Gasteiger partial charge >= 0.3 is 0 Å². The van der Waals surface area contributed by atoms with E-state index >= 15 is 0 Å². The fourth-order valence-electron chi connectivity index (χ4n) is 7.55. The highest BCUT2D eigenvalue weighted by Crippen LogP contribution is 2.45. The summed E-state index contributed by atoms with van der Waals surface area (Å²) in [5.41, 5.74) is 11.8. The molecule has 0 saturated heterocycles. The van der Waals surface area contributed by atoms with E-state index in [0.29, 0.717) is 12.0 Å². The van der Waals surface area contributed by atoms with Gasteiger partial charge < -0.3 is 9.30 Å². The molecule has 4 aromatic rings. The molecule has 0 fully saturated rings. The first kappa shape index (κ1) is 35.1. The van der Waals surface area contributed by atoms with Crippen LogP contribution in [-0.2, 0) is 44.0 Å². The van der Waals surface area contributed by atoms with Crippen LogP contribution in [0.4, 0.5) is 0 Å². The van der Waals surface area contributed by atoms with Gasteiger partial charge in [0.2, 0.25) is 0 Å². The topological polar surface area (TPSA) is 32.0 Å². The molecule has 0 bridgehead atoms. The second kappa shape index (κ2) is 15.3. The number of rotatable bonds is 15. The van der Waals surface area contributed by atoms with E-state index in [0.717, 1.165) is 74.4 Å². The fraction of sp³-hybridized carbons (Fsp3) is 0.500. The van der Waals surface area contributed by atoms with Crippen LogP contribution in [-0.4, -0.2) is 21.0 Å². The molecule has 0 saturated carbocycles. The minimum Gasteiger partial charge on any atom is -0.492 e. The number of unbranched alkanes of at least 4 members (excludes halogenated alkanes) is 3. The minimum absolute atomic E-state index is 0.359. The second-order valence-electron chi connectivity index (χ2n) is 14.5. The summed E-state index contributed by atoms with van der Waals surface area (Å²) in [6.07, 6.45) is 11.8. The molecule has 0 atom stereocenters. The highest BCUT2D eigenvalue weighted by molar-refractivity contribution is 6.33. The second-order valence-corrected chi connectivity index (χ2v) is 15.0. The predicted octanol–water partition coefficient (Wildman–Crippen LogP) is 11.4. The van der Waals surface area contributed by atoms with E-state index < -0.39 is 0 Å². The summed E-state index contributed by atoms with van der Waals surface area (Å²) in [4.78, 5) is 0. The van der Waals surface area contributed by atoms with Gasteiger partial charge in [0.05, 0.1) is 23.7 Å². The van der Waals surface area contributed by atoms with Crippen LogP contribution in [0.1, 0.15) is 125 Å². The Labute approximate surface area is 288 Å². The molecule has 5 heteroatoms. The van der Waals surface area contributed by atoms with Crippen molar-refractivity contribution < 1.29 is 4.74 Å². The van der Waals surface area contributed by atoms with Crippen molar-refractivity contribution in [3.05, 3.63) is 99.1 Å². The number of aryl methyl sites for hydroxylation is 3. The van der Waals surface area contributed by atoms with Crippen molar-refractivity contribution >= 4 is 33.7 Å². The third-order valence-corrected chi connectivity index (χ3v) is 10.3. The Kier molecular flexibility index (Phi) is 11.4. The lowest BCUT2D eigenvalue weighted by molar-refractivity contribution is 0.295. The van der Waals surface area contributed by atoms with E-state index in [9.17, 15) is 0 Å². The summed E-state index contributed by atoms with van der Waals surface area (Å²) < 4.78 is 10.8. The lowest BCUT2D eigenvalue weighted by Gasteiger charge is -2.23. The van der Waals surface area contributed by atoms with E-state index in [2.05, 4.69) is 95.2 Å². The van der Waals surface area contributed by atoms with Crippen LogP contribution in [0.2, 0.25) is 0 Å². The van der Waals surface area contributed by atoms with Crippen molar-refractivity contribution in [2.24, 2.45) is 12.5 Å². The fourth-order valence-corrected chi connectivity index (χ4v) is 7.83. The molecule has 1 aliphatic carbocycles. The first-order valence-electron chi connectivity index (χ1n) is 18.0. The maximum Gasteiger partial charge on any atom is 0.136 e. The van der Waals surface area contributed by atoms with Gasteiger partial charge in [-0.15, -0.1) is 0 Å². The summed E-state index contributed by atoms with van der Waals surface area (Å²) in [7, 11) is 2.05. The first-order chi connectivity index (χ1) is 22.6. The highest BCUT2D eigenvalue weighted by Gasteiger charge is 2.33. The number of halogens is 1. The summed E-state index contributed by atoms with van der Waals surface area (Å²) in [5.74, 6) is 0.787. The molecule has 2 aromatic carbocycles. The molecule has 5 rings (SSSR count). The van der Waals surface area contributed by atoms with Crippen molar-refractivity contribution in [1.29, 1.82) is 0 Å². The minimum atomic E-state index is 0.359. The van der Waals surface area contributed by atoms with Gasteiger partial charge in [0.1, 0.15) is 5.76 Å². The van der Waals surface area contributed by atoms with Crippen LogP contribution in [0.15, 0.2) is 54.1 Å². The van der Waals surface area contributed by atoms with E-state index in [4.69, 9.17) is 21.4 Å². The monoisotopic (exact) mass is 653 g/mol. The van der Waals surface area contributed by atoms with Gasteiger partial charge in [-0.2, -0.15) is 5.10 Å². The van der Waals surface area contributed by atoms with Crippen molar-refractivity contribution in [2.45, 2.75) is 119 Å². The Morgan fingerprint density at radius 1 is 0.957 bits per heavy atom. The summed E-state index contributed by atoms with van der Waals surface area (Å²) in [6, 6.07) is 15.5. The first-order valence-corrected chi connectivity index (χ1v) is 18.4. The van der Waals surface area contributed by atoms with Gasteiger partial charge in [0, 0.05) is 35.5 Å². The number of hydrogen-bond acceptors (Lipinski definition) is 2. The Hall–Kier alpha value is -3.24. The average Bonchev–Trinajstić information content (AvgIpc) is 3.51. The number of aromatic nitrogens is 3. The normalized spacial score (nSPS) is 13.4. The maximum atomic E-state index is 7.28. The number of hydrogen-bond donors (Lipinski definition) is 0. The lowest BCUT2D eigenvalue weighted by atomic mass is 9.87. The zero-order valence-electron chi connectivity index (χ0n) is 30.1. The zero-order valence-corrected chi connectivity index (χ0v) is 30.8. The van der Waals surface area contributed by atoms with Gasteiger partial charge in [-0.25, -0.2) is 0 Å². The van der Waals surface area contributed by atoms with Crippen LogP contribution >= 0.6 is 11.6 Å². The molecule has 1 aliphatic rings. The van der Waals surface area contributed by atoms with E-state index in [1.54, 1.807) is 0 Å². The number of fused-ring (bicyclic) bond motifs is 2. The van der Waals surface area contributed by atoms with E-state index in [1.807, 2.05) is 11.7 Å². The molecule has 252 valence electrons. The van der Waals surface area contributed by atoms with Crippen molar-refractivity contribution in [3.8, 4) is 0 Å². The van der Waals surface area contributed by atoms with Crippen LogP contribution in [0.5, 0.6) is 0 Å². The largest absolute Gasteiger partial charge is 0.492 e. The standard InChI is InChI=1S/C42H56ClN3O/c1-9-37-38(29(3)45(8)44-37)39-36(43)26-25-35-34(24-15-13-20-32-22-18-21-31-19-12-14-23-33(31)32)40(30(4)47-10-2)46(41(35)39)28-17-11-16-27-42(5,6)7/h12,14,18-19,21-23H,4,9-11,13,15-17,20,24-28H2,1-3,5-8H3. The van der Waals surface area contributed by atoms with Gasteiger partial charge in [0.15, 0.2) is 0 Å². The van der Waals surface area contributed by atoms with Gasteiger partial charge in [-0.1, -0.05) is 101 Å². The number of benzene rings is 2. The Morgan fingerprint density at radius 3 is 2.45 bits per heavy atom. The van der Waals surface area contributed by atoms with Crippen LogP contribution in [0.25, 0.3) is 22.1 Å². The molecule has 0 spiro atoms. The Morgan fingerprint density at radius 2 is 1.70 bits per heavy atom. The SMILES string of the molecule is C=C(OCC)c1c(CCCCc2cccc3ccccc23)c2c(n1CCCCCC(C)(C)C)C(c1c(CC)nn(C)c1C)=C(Cl)CC2. The third kappa shape index (κ3) is 7.75. The highest BCUT2D eigenvalue weighted by atomic mass is 35.5. The van der Waals surface area contributed by atoms with Crippen LogP contribution in [0.3, 0.4) is 0 Å². The number of nitrogens with zero attached hydrogens (tertiary/aromatic N) is 3. The predicted molar refractivity (Wildman–Crippen MR) is 201 cm³/mol. The molecule has 0 radical (unpaired) electrons. The van der Waals surface area contributed by atoms with Crippen LogP contribution in [0, 0.1) is 12.3 Å². The van der Waals surface area contributed by atoms with Gasteiger partial charge in [0.25, 0.3) is 0 Å². The van der Waals surface area contributed by atoms with Crippen molar-refractivity contribution in [1.82, 2.24) is 14.3 Å². The summed E-state index contributed by atoms with van der Waals surface area (Å²) >= 11 is 7.28. The zero-order chi connectivity index (χ0) is 33.7. The Bertz CT molecular complexity index is 1740. The maximum absolute atomic E-state index is 7.28. The molecule has 47 heavy (non-hydrogen) atoms. The molecule has 4 nitrogen and oxygen atoms in total. The molecular weight excluding hydrogens is 598 g/mol. The number of ether oxygens (including phenoxy) is 1. The van der Waals surface area contributed by atoms with Crippen molar-refractivity contribution in [2.75, 3.05) is 6.61 Å². The van der Waals surface area contributed by atoms with Crippen molar-refractivity contribution in [3.63, 3.8) is 0 Å². The molecule has 2 heterocycles. The molecule has 0 amide bonds. The lowest BCUT2D eigenvalue weighted by Crippen LogP contribution is -2.13. The molecule has 0 aliphatic heterocycles. The Balaban J connectivity index is 1.54. The smallest absolute Gasteiger partial charge is 0.136 e. The molecule has 2 aromatic heterocycles. The number of allylic oxidation sites excluding steroid dienone is 1. The molecule has 0 N–H and O–H groups in total. The summed E-state index contributed by atoms with van der Waals surface area (Å²) in [5, 5.41) is 8.57. The van der Waals surface area contributed by atoms with Crippen LogP contribution < -0.4 is 0 Å². The van der Waals surface area contributed by atoms with E-state index in [1.165, 1.54) is 74.9 Å². The summed E-state index contributed by atoms with van der Waals surface area (Å²) in [6.45, 7) is 19.5. The average molecular weight is 654 g/mol. The molecular formula is C42H56ClN3O. The quantitative estimate of drug-likeness (QED) is 0.0944. The van der Waals surface area contributed by atoms with E-state index in [-0.39, 0.29) is 0 Å². The van der Waals surface area contributed by atoms with Gasteiger partial charge in [-0.3, -0.25) is 4.68 Å². The van der Waals surface area contributed by atoms with Gasteiger partial charge in [-0.05, 0) is 105 Å². The third-order valence-electron chi connectivity index (χ3n) is 9.96. The molecule has 0 unspecified atom stereocenters.